The molecule has 4 aromatic carbocycles. The SMILES string of the molecule is Cc1cccc(C(=O)Nc2cccc(SC(C(=O)Nc3ccc4c(c3)OCO4)c3ccccc3)c2)c1. The van der Waals surface area contributed by atoms with Gasteiger partial charge >= 0.3 is 0 Å². The van der Waals surface area contributed by atoms with Gasteiger partial charge in [0.2, 0.25) is 12.7 Å². The van der Waals surface area contributed by atoms with E-state index in [-0.39, 0.29) is 18.6 Å². The summed E-state index contributed by atoms with van der Waals surface area (Å²) in [6, 6.07) is 29.9. The van der Waals surface area contributed by atoms with Crippen molar-refractivity contribution in [3.63, 3.8) is 0 Å². The van der Waals surface area contributed by atoms with Crippen molar-refractivity contribution in [1.29, 1.82) is 0 Å². The van der Waals surface area contributed by atoms with Gasteiger partial charge in [-0.25, -0.2) is 0 Å². The fourth-order valence-corrected chi connectivity index (χ4v) is 4.94. The minimum Gasteiger partial charge on any atom is -0.454 e. The molecule has 36 heavy (non-hydrogen) atoms. The van der Waals surface area contributed by atoms with Crippen LogP contribution in [0.5, 0.6) is 11.5 Å². The second-order valence-electron chi connectivity index (χ2n) is 8.32. The van der Waals surface area contributed by atoms with Gasteiger partial charge in [-0.05, 0) is 55.0 Å². The molecule has 0 fully saturated rings. The Bertz CT molecular complexity index is 1410. The molecule has 1 atom stereocenters. The van der Waals surface area contributed by atoms with Gasteiger partial charge in [-0.1, -0.05) is 54.1 Å². The van der Waals surface area contributed by atoms with Crippen molar-refractivity contribution < 1.29 is 19.1 Å². The highest BCUT2D eigenvalue weighted by Gasteiger charge is 2.23. The van der Waals surface area contributed by atoms with Crippen LogP contribution in [-0.2, 0) is 4.79 Å². The maximum absolute atomic E-state index is 13.4. The molecule has 1 aliphatic rings. The molecule has 1 heterocycles. The number of anilines is 2. The number of carbonyl (C=O) groups excluding carboxylic acids is 2. The fraction of sp³-hybridized carbons (Fsp3) is 0.103. The highest BCUT2D eigenvalue weighted by molar-refractivity contribution is 8.00. The lowest BCUT2D eigenvalue weighted by Crippen LogP contribution is -2.19. The van der Waals surface area contributed by atoms with Crippen molar-refractivity contribution in [1.82, 2.24) is 0 Å². The first-order valence-corrected chi connectivity index (χ1v) is 12.3. The number of benzene rings is 4. The van der Waals surface area contributed by atoms with Crippen molar-refractivity contribution >= 4 is 35.0 Å². The lowest BCUT2D eigenvalue weighted by molar-refractivity contribution is -0.115. The van der Waals surface area contributed by atoms with Crippen LogP contribution in [0.3, 0.4) is 0 Å². The standard InChI is InChI=1S/C29H24N2O4S/c1-19-7-5-10-21(15-19)28(32)30-22-11-6-12-24(16-22)36-27(20-8-3-2-4-9-20)29(33)31-23-13-14-25-26(17-23)35-18-34-25/h2-17,27H,18H2,1H3,(H,30,32)(H,31,33). The predicted octanol–water partition coefficient (Wildman–Crippen LogP) is 6.45. The van der Waals surface area contributed by atoms with Crippen LogP contribution in [0, 0.1) is 6.92 Å². The summed E-state index contributed by atoms with van der Waals surface area (Å²) >= 11 is 1.41. The van der Waals surface area contributed by atoms with E-state index in [2.05, 4.69) is 10.6 Å². The second kappa shape index (κ2) is 10.6. The van der Waals surface area contributed by atoms with Crippen molar-refractivity contribution in [2.45, 2.75) is 17.1 Å². The summed E-state index contributed by atoms with van der Waals surface area (Å²) in [6.45, 7) is 2.12. The Hall–Kier alpha value is -4.23. The Morgan fingerprint density at radius 1 is 0.778 bits per heavy atom. The van der Waals surface area contributed by atoms with Gasteiger partial charge in [-0.2, -0.15) is 0 Å². The molecule has 0 saturated carbocycles. The van der Waals surface area contributed by atoms with Gasteiger partial charge in [0, 0.05) is 27.9 Å². The van der Waals surface area contributed by atoms with Crippen LogP contribution < -0.4 is 20.1 Å². The first kappa shape index (κ1) is 23.5. The summed E-state index contributed by atoms with van der Waals surface area (Å²) in [6.07, 6.45) is 0. The molecule has 6 nitrogen and oxygen atoms in total. The molecule has 0 aliphatic carbocycles. The van der Waals surface area contributed by atoms with Gasteiger partial charge in [0.15, 0.2) is 11.5 Å². The number of rotatable bonds is 7. The van der Waals surface area contributed by atoms with E-state index in [1.54, 1.807) is 24.3 Å². The van der Waals surface area contributed by atoms with E-state index in [0.29, 0.717) is 28.4 Å². The summed E-state index contributed by atoms with van der Waals surface area (Å²) in [5.74, 6) is 0.917. The second-order valence-corrected chi connectivity index (χ2v) is 9.50. The van der Waals surface area contributed by atoms with E-state index in [0.717, 1.165) is 16.0 Å². The fourth-order valence-electron chi connectivity index (χ4n) is 3.86. The third-order valence-corrected chi connectivity index (χ3v) is 6.85. The molecule has 0 saturated heterocycles. The van der Waals surface area contributed by atoms with E-state index in [1.165, 1.54) is 11.8 Å². The van der Waals surface area contributed by atoms with Crippen LogP contribution in [-0.4, -0.2) is 18.6 Å². The Balaban J connectivity index is 1.35. The maximum atomic E-state index is 13.4. The number of nitrogens with one attached hydrogen (secondary N) is 2. The van der Waals surface area contributed by atoms with E-state index in [9.17, 15) is 9.59 Å². The zero-order valence-electron chi connectivity index (χ0n) is 19.6. The molecule has 180 valence electrons. The van der Waals surface area contributed by atoms with Gasteiger partial charge in [0.1, 0.15) is 5.25 Å². The molecule has 0 radical (unpaired) electrons. The number of aryl methyl sites for hydroxylation is 1. The lowest BCUT2D eigenvalue weighted by atomic mass is 10.1. The number of carbonyl (C=O) groups is 2. The molecular weight excluding hydrogens is 472 g/mol. The normalized spacial score (nSPS) is 12.6. The number of hydrogen-bond donors (Lipinski definition) is 2. The van der Waals surface area contributed by atoms with E-state index in [1.807, 2.05) is 79.7 Å². The third kappa shape index (κ3) is 5.53. The first-order valence-electron chi connectivity index (χ1n) is 11.5. The summed E-state index contributed by atoms with van der Waals surface area (Å²) < 4.78 is 10.8. The summed E-state index contributed by atoms with van der Waals surface area (Å²) in [4.78, 5) is 27.0. The number of hydrogen-bond acceptors (Lipinski definition) is 5. The Morgan fingerprint density at radius 3 is 2.39 bits per heavy atom. The smallest absolute Gasteiger partial charge is 0.255 e. The molecule has 0 aromatic heterocycles. The molecule has 2 N–H and O–H groups in total. The zero-order valence-corrected chi connectivity index (χ0v) is 20.4. The molecule has 7 heteroatoms. The molecular formula is C29H24N2O4S. The quantitative estimate of drug-likeness (QED) is 0.288. The van der Waals surface area contributed by atoms with E-state index < -0.39 is 5.25 Å². The number of fused-ring (bicyclic) bond motifs is 1. The van der Waals surface area contributed by atoms with Crippen LogP contribution in [0.25, 0.3) is 0 Å². The highest BCUT2D eigenvalue weighted by Crippen LogP contribution is 2.38. The lowest BCUT2D eigenvalue weighted by Gasteiger charge is -2.18. The first-order chi connectivity index (χ1) is 17.5. The molecule has 0 spiro atoms. The molecule has 4 aromatic rings. The largest absolute Gasteiger partial charge is 0.454 e. The Kier molecular flexibility index (Phi) is 6.91. The minimum atomic E-state index is -0.514. The Morgan fingerprint density at radius 2 is 1.56 bits per heavy atom. The van der Waals surface area contributed by atoms with Crippen LogP contribution in [0.15, 0.2) is 102 Å². The molecule has 2 amide bonds. The monoisotopic (exact) mass is 496 g/mol. The zero-order chi connectivity index (χ0) is 24.9. The van der Waals surface area contributed by atoms with Gasteiger partial charge in [-0.15, -0.1) is 11.8 Å². The number of amides is 2. The van der Waals surface area contributed by atoms with Crippen molar-refractivity contribution in [3.05, 3.63) is 114 Å². The molecule has 1 unspecified atom stereocenters. The highest BCUT2D eigenvalue weighted by atomic mass is 32.2. The maximum Gasteiger partial charge on any atom is 0.255 e. The van der Waals surface area contributed by atoms with Crippen molar-refractivity contribution in [3.8, 4) is 11.5 Å². The summed E-state index contributed by atoms with van der Waals surface area (Å²) in [5, 5.41) is 5.44. The van der Waals surface area contributed by atoms with Gasteiger partial charge in [0.25, 0.3) is 5.91 Å². The molecule has 0 bridgehead atoms. The van der Waals surface area contributed by atoms with Crippen LogP contribution in [0.2, 0.25) is 0 Å². The van der Waals surface area contributed by atoms with Crippen LogP contribution >= 0.6 is 11.8 Å². The molecule has 5 rings (SSSR count). The summed E-state index contributed by atoms with van der Waals surface area (Å²) in [7, 11) is 0. The topological polar surface area (TPSA) is 76.7 Å². The average Bonchev–Trinajstić information content (AvgIpc) is 3.36. The number of thioether (sulfide) groups is 1. The summed E-state index contributed by atoms with van der Waals surface area (Å²) in [5.41, 5.74) is 3.78. The third-order valence-electron chi connectivity index (χ3n) is 5.61. The van der Waals surface area contributed by atoms with Crippen LogP contribution in [0.4, 0.5) is 11.4 Å². The van der Waals surface area contributed by atoms with Gasteiger partial charge < -0.3 is 20.1 Å². The van der Waals surface area contributed by atoms with Gasteiger partial charge in [-0.3, -0.25) is 9.59 Å². The van der Waals surface area contributed by atoms with Gasteiger partial charge in [0.05, 0.1) is 0 Å². The Labute approximate surface area is 213 Å². The predicted molar refractivity (Wildman–Crippen MR) is 142 cm³/mol. The van der Waals surface area contributed by atoms with Crippen LogP contribution in [0.1, 0.15) is 26.7 Å². The van der Waals surface area contributed by atoms with E-state index in [4.69, 9.17) is 9.47 Å². The average molecular weight is 497 g/mol. The minimum absolute atomic E-state index is 0.167. The molecule has 1 aliphatic heterocycles. The number of ether oxygens (including phenoxy) is 2. The van der Waals surface area contributed by atoms with Crippen molar-refractivity contribution in [2.75, 3.05) is 17.4 Å². The van der Waals surface area contributed by atoms with E-state index >= 15 is 0 Å². The van der Waals surface area contributed by atoms with Crippen molar-refractivity contribution in [2.24, 2.45) is 0 Å².